The van der Waals surface area contributed by atoms with Crippen LogP contribution in [0, 0.1) is 13.8 Å². The van der Waals surface area contributed by atoms with E-state index in [-0.39, 0.29) is 19.0 Å². The fourth-order valence-corrected chi connectivity index (χ4v) is 2.69. The lowest BCUT2D eigenvalue weighted by molar-refractivity contribution is -0.122. The molecule has 0 aliphatic heterocycles. The van der Waals surface area contributed by atoms with Crippen molar-refractivity contribution >= 4 is 45.3 Å². The van der Waals surface area contributed by atoms with Crippen molar-refractivity contribution in [2.45, 2.75) is 13.8 Å². The van der Waals surface area contributed by atoms with Crippen molar-refractivity contribution in [3.05, 3.63) is 52.1 Å². The van der Waals surface area contributed by atoms with Crippen LogP contribution in [0.5, 0.6) is 0 Å². The molecule has 0 aliphatic rings. The third kappa shape index (κ3) is 7.09. The van der Waals surface area contributed by atoms with E-state index in [4.69, 9.17) is 0 Å². The topological polar surface area (TPSA) is 103 Å². The molecule has 0 fully saturated rings. The van der Waals surface area contributed by atoms with Gasteiger partial charge < -0.3 is 10.6 Å². The number of nitrogens with zero attached hydrogens (tertiary/aromatic N) is 2. The van der Waals surface area contributed by atoms with Gasteiger partial charge in [0.1, 0.15) is 5.82 Å². The van der Waals surface area contributed by atoms with Crippen molar-refractivity contribution in [1.29, 1.82) is 0 Å². The lowest BCUT2D eigenvalue weighted by Gasteiger charge is -2.16. The van der Waals surface area contributed by atoms with Crippen molar-refractivity contribution in [1.82, 2.24) is 15.2 Å². The van der Waals surface area contributed by atoms with Gasteiger partial charge in [-0.3, -0.25) is 19.8 Å². The summed E-state index contributed by atoms with van der Waals surface area (Å²) in [5.41, 5.74) is 2.61. The molecular weight excluding hydrogens is 426 g/mol. The maximum absolute atomic E-state index is 12.0. The summed E-state index contributed by atoms with van der Waals surface area (Å²) in [5, 5.41) is 7.52. The van der Waals surface area contributed by atoms with E-state index in [9.17, 15) is 14.4 Å². The van der Waals surface area contributed by atoms with E-state index in [0.717, 1.165) is 15.6 Å². The van der Waals surface area contributed by atoms with Gasteiger partial charge in [-0.1, -0.05) is 17.7 Å². The number of benzene rings is 1. The minimum absolute atomic E-state index is 0.0240. The number of carbonyl (C=O) groups is 3. The molecule has 2 rings (SSSR count). The Kier molecular flexibility index (Phi) is 7.65. The molecule has 1 aromatic heterocycles. The monoisotopic (exact) mass is 447 g/mol. The second-order valence-corrected chi connectivity index (χ2v) is 7.32. The summed E-state index contributed by atoms with van der Waals surface area (Å²) < 4.78 is 0.804. The first-order chi connectivity index (χ1) is 13.2. The zero-order chi connectivity index (χ0) is 20.7. The van der Waals surface area contributed by atoms with E-state index < -0.39 is 11.9 Å². The number of likely N-dealkylation sites (N-methyl/N-ethyl adjacent to an activating group) is 1. The number of imide groups is 1. The molecule has 0 atom stereocenters. The number of aryl methyl sites for hydroxylation is 2. The summed E-state index contributed by atoms with van der Waals surface area (Å²) in [6, 6.07) is 8.39. The summed E-state index contributed by atoms with van der Waals surface area (Å²) in [6.45, 7) is 3.70. The number of halogens is 1. The molecule has 0 bridgehead atoms. The fraction of sp³-hybridized carbons (Fsp3) is 0.263. The third-order valence-electron chi connectivity index (χ3n) is 3.70. The summed E-state index contributed by atoms with van der Waals surface area (Å²) in [4.78, 5) is 41.5. The standard InChI is InChI=1S/C19H22BrN5O3/c1-12-4-6-15(13(2)8-12)22-19(28)24-18(27)11-25(3)10-17(26)23-16-7-5-14(20)9-21-16/h4-9H,10-11H2,1-3H3,(H,21,23,26)(H2,22,24,27,28). The van der Waals surface area contributed by atoms with E-state index in [1.165, 1.54) is 4.90 Å². The second kappa shape index (κ2) is 9.95. The van der Waals surface area contributed by atoms with Crippen LogP contribution in [0.15, 0.2) is 41.0 Å². The van der Waals surface area contributed by atoms with E-state index in [1.54, 1.807) is 31.4 Å². The van der Waals surface area contributed by atoms with E-state index in [2.05, 4.69) is 36.9 Å². The number of pyridine rings is 1. The molecule has 1 heterocycles. The van der Waals surface area contributed by atoms with Crippen molar-refractivity contribution in [2.75, 3.05) is 30.8 Å². The molecule has 0 saturated carbocycles. The Hall–Kier alpha value is -2.78. The van der Waals surface area contributed by atoms with Crippen LogP contribution in [0.2, 0.25) is 0 Å². The summed E-state index contributed by atoms with van der Waals surface area (Å²) in [7, 11) is 1.61. The zero-order valence-electron chi connectivity index (χ0n) is 15.9. The molecule has 0 aliphatic carbocycles. The molecule has 1 aromatic carbocycles. The molecular formula is C19H22BrN5O3. The van der Waals surface area contributed by atoms with E-state index in [1.807, 2.05) is 26.0 Å². The molecule has 0 unspecified atom stereocenters. The average Bonchev–Trinajstić information content (AvgIpc) is 2.59. The first kappa shape index (κ1) is 21.5. The quantitative estimate of drug-likeness (QED) is 0.631. The number of rotatable bonds is 6. The van der Waals surface area contributed by atoms with Crippen molar-refractivity contribution in [3.8, 4) is 0 Å². The van der Waals surface area contributed by atoms with Gasteiger partial charge in [-0.05, 0) is 60.6 Å². The molecule has 8 nitrogen and oxygen atoms in total. The minimum Gasteiger partial charge on any atom is -0.310 e. The smallest absolute Gasteiger partial charge is 0.310 e. The minimum atomic E-state index is -0.617. The number of amides is 4. The summed E-state index contributed by atoms with van der Waals surface area (Å²) in [6.07, 6.45) is 1.57. The van der Waals surface area contributed by atoms with Crippen LogP contribution in [0.3, 0.4) is 0 Å². The van der Waals surface area contributed by atoms with Crippen LogP contribution in [-0.4, -0.2) is 47.9 Å². The SMILES string of the molecule is Cc1ccc(NC(=O)NC(=O)CN(C)CC(=O)Nc2ccc(Br)cn2)c(C)c1. The Labute approximate surface area is 171 Å². The summed E-state index contributed by atoms with van der Waals surface area (Å²) in [5.74, 6) is -0.414. The lowest BCUT2D eigenvalue weighted by atomic mass is 10.1. The van der Waals surface area contributed by atoms with Crippen LogP contribution in [0.25, 0.3) is 0 Å². The van der Waals surface area contributed by atoms with Crippen LogP contribution in [-0.2, 0) is 9.59 Å². The number of carbonyl (C=O) groups excluding carboxylic acids is 3. The number of anilines is 2. The maximum atomic E-state index is 12.0. The van der Waals surface area contributed by atoms with Crippen LogP contribution >= 0.6 is 15.9 Å². The van der Waals surface area contributed by atoms with Crippen LogP contribution in [0.4, 0.5) is 16.3 Å². The predicted molar refractivity (Wildman–Crippen MR) is 111 cm³/mol. The Morgan fingerprint density at radius 2 is 1.75 bits per heavy atom. The number of aromatic nitrogens is 1. The molecule has 9 heteroatoms. The third-order valence-corrected chi connectivity index (χ3v) is 4.17. The fourth-order valence-electron chi connectivity index (χ4n) is 2.45. The van der Waals surface area contributed by atoms with Gasteiger partial charge >= 0.3 is 6.03 Å². The molecule has 0 spiro atoms. The zero-order valence-corrected chi connectivity index (χ0v) is 17.5. The number of hydrogen-bond donors (Lipinski definition) is 3. The highest BCUT2D eigenvalue weighted by Gasteiger charge is 2.14. The Morgan fingerprint density at radius 1 is 1.04 bits per heavy atom. The Morgan fingerprint density at radius 3 is 2.39 bits per heavy atom. The molecule has 3 N–H and O–H groups in total. The molecule has 0 saturated heterocycles. The lowest BCUT2D eigenvalue weighted by Crippen LogP contribution is -2.42. The molecule has 2 aromatic rings. The Bertz CT molecular complexity index is 870. The van der Waals surface area contributed by atoms with E-state index in [0.29, 0.717) is 11.5 Å². The number of hydrogen-bond acceptors (Lipinski definition) is 5. The van der Waals surface area contributed by atoms with Gasteiger partial charge in [-0.15, -0.1) is 0 Å². The highest BCUT2D eigenvalue weighted by Crippen LogP contribution is 2.15. The average molecular weight is 448 g/mol. The largest absolute Gasteiger partial charge is 0.325 e. The van der Waals surface area contributed by atoms with Gasteiger partial charge in [0.15, 0.2) is 0 Å². The van der Waals surface area contributed by atoms with Crippen LogP contribution < -0.4 is 16.0 Å². The molecule has 148 valence electrons. The normalized spacial score (nSPS) is 10.5. The highest BCUT2D eigenvalue weighted by molar-refractivity contribution is 9.10. The molecule has 28 heavy (non-hydrogen) atoms. The molecule has 0 radical (unpaired) electrons. The first-order valence-corrected chi connectivity index (χ1v) is 9.30. The van der Waals surface area contributed by atoms with Gasteiger partial charge in [-0.25, -0.2) is 9.78 Å². The summed E-state index contributed by atoms with van der Waals surface area (Å²) >= 11 is 3.27. The first-order valence-electron chi connectivity index (χ1n) is 8.51. The van der Waals surface area contributed by atoms with Gasteiger partial charge in [0.05, 0.1) is 13.1 Å². The van der Waals surface area contributed by atoms with Gasteiger partial charge in [0.25, 0.3) is 0 Å². The molecule has 4 amide bonds. The Balaban J connectivity index is 1.77. The van der Waals surface area contributed by atoms with Gasteiger partial charge in [-0.2, -0.15) is 0 Å². The highest BCUT2D eigenvalue weighted by atomic mass is 79.9. The predicted octanol–water partition coefficient (Wildman–Crippen LogP) is 2.68. The van der Waals surface area contributed by atoms with Gasteiger partial charge in [0.2, 0.25) is 11.8 Å². The van der Waals surface area contributed by atoms with Gasteiger partial charge in [0, 0.05) is 16.4 Å². The number of urea groups is 1. The van der Waals surface area contributed by atoms with Crippen molar-refractivity contribution < 1.29 is 14.4 Å². The second-order valence-electron chi connectivity index (χ2n) is 6.40. The number of nitrogens with one attached hydrogen (secondary N) is 3. The maximum Gasteiger partial charge on any atom is 0.325 e. The van der Waals surface area contributed by atoms with E-state index >= 15 is 0 Å². The van der Waals surface area contributed by atoms with Crippen LogP contribution in [0.1, 0.15) is 11.1 Å². The van der Waals surface area contributed by atoms with Crippen molar-refractivity contribution in [3.63, 3.8) is 0 Å². The van der Waals surface area contributed by atoms with Crippen molar-refractivity contribution in [2.24, 2.45) is 0 Å².